The van der Waals surface area contributed by atoms with E-state index in [-0.39, 0.29) is 5.91 Å². The molecule has 0 N–H and O–H groups in total. The molecule has 6 heteroatoms. The van der Waals surface area contributed by atoms with Gasteiger partial charge in [-0.3, -0.25) is 9.69 Å². The van der Waals surface area contributed by atoms with Gasteiger partial charge < -0.3 is 4.90 Å². The first-order chi connectivity index (χ1) is 17.7. The molecule has 2 aliphatic rings. The maximum absolute atomic E-state index is 13.9. The highest BCUT2D eigenvalue weighted by Gasteiger charge is 2.39. The summed E-state index contributed by atoms with van der Waals surface area (Å²) in [6.45, 7) is 3.52. The monoisotopic (exact) mass is 507 g/mol. The van der Waals surface area contributed by atoms with Crippen LogP contribution in [-0.4, -0.2) is 29.1 Å². The summed E-state index contributed by atoms with van der Waals surface area (Å²) in [7, 11) is 0. The normalized spacial score (nSPS) is 18.5. The van der Waals surface area contributed by atoms with Gasteiger partial charge in [-0.2, -0.15) is 0 Å². The first kappa shape index (κ1) is 23.0. The summed E-state index contributed by atoms with van der Waals surface area (Å²) in [4.78, 5) is 25.0. The molecule has 0 unspecified atom stereocenters. The van der Waals surface area contributed by atoms with Crippen molar-refractivity contribution in [1.82, 2.24) is 4.90 Å². The van der Waals surface area contributed by atoms with E-state index in [0.717, 1.165) is 50.2 Å². The number of amidine groups is 1. The number of hydrogen-bond donors (Lipinski definition) is 0. The van der Waals surface area contributed by atoms with Gasteiger partial charge in [-0.15, -0.1) is 0 Å². The molecule has 2 heterocycles. The number of fused-ring (bicyclic) bond motifs is 2. The molecule has 0 saturated carbocycles. The smallest absolute Gasteiger partial charge is 0.269 e. The van der Waals surface area contributed by atoms with Crippen LogP contribution in [0.2, 0.25) is 0 Å². The lowest BCUT2D eigenvalue weighted by Gasteiger charge is -2.19. The highest BCUT2D eigenvalue weighted by atomic mass is 32.2. The Balaban J connectivity index is 1.42. The number of anilines is 1. The van der Waals surface area contributed by atoms with E-state index in [1.807, 2.05) is 47.4 Å². The molecule has 1 amide bonds. The van der Waals surface area contributed by atoms with E-state index in [2.05, 4.69) is 66.4 Å². The van der Waals surface area contributed by atoms with E-state index in [0.29, 0.717) is 6.54 Å². The highest BCUT2D eigenvalue weighted by Crippen LogP contribution is 2.50. The summed E-state index contributed by atoms with van der Waals surface area (Å²) in [5.74, 6) is 0.0312. The van der Waals surface area contributed by atoms with Crippen LogP contribution in [0, 0.1) is 0 Å². The van der Waals surface area contributed by atoms with E-state index in [1.165, 1.54) is 22.2 Å². The summed E-state index contributed by atoms with van der Waals surface area (Å²) >= 11 is 3.18. The van der Waals surface area contributed by atoms with Crippen LogP contribution in [-0.2, 0) is 11.2 Å². The van der Waals surface area contributed by atoms with E-state index < -0.39 is 0 Å². The summed E-state index contributed by atoms with van der Waals surface area (Å²) in [5, 5.41) is 3.97. The lowest BCUT2D eigenvalue weighted by Crippen LogP contribution is -2.32. The molecule has 4 aromatic carbocycles. The van der Waals surface area contributed by atoms with Crippen LogP contribution in [0.25, 0.3) is 10.8 Å². The third-order valence-electron chi connectivity index (χ3n) is 6.43. The van der Waals surface area contributed by atoms with E-state index in [1.54, 1.807) is 11.8 Å². The van der Waals surface area contributed by atoms with Gasteiger partial charge in [0.1, 0.15) is 9.93 Å². The Hall–Kier alpha value is -3.48. The maximum atomic E-state index is 13.9. The molecule has 1 saturated heterocycles. The van der Waals surface area contributed by atoms with Crippen molar-refractivity contribution in [3.63, 3.8) is 0 Å². The predicted octanol–water partition coefficient (Wildman–Crippen LogP) is 7.45. The summed E-state index contributed by atoms with van der Waals surface area (Å²) in [6.07, 6.45) is 0.773. The zero-order chi connectivity index (χ0) is 24.5. The second-order valence-corrected chi connectivity index (χ2v) is 10.6. The molecule has 36 heavy (non-hydrogen) atoms. The number of para-hydroxylation sites is 1. The molecule has 4 nitrogen and oxygen atoms in total. The average Bonchev–Trinajstić information content (AvgIpc) is 3.45. The van der Waals surface area contributed by atoms with Gasteiger partial charge in [-0.05, 0) is 54.3 Å². The minimum Gasteiger partial charge on any atom is -0.334 e. The molecule has 0 aromatic heterocycles. The summed E-state index contributed by atoms with van der Waals surface area (Å²) in [6, 6.07) is 33.1. The number of amides is 1. The van der Waals surface area contributed by atoms with E-state index >= 15 is 0 Å². The highest BCUT2D eigenvalue weighted by molar-refractivity contribution is 8.19. The fraction of sp³-hybridized carbons (Fsp3) is 0.133. The fourth-order valence-electron chi connectivity index (χ4n) is 4.63. The number of rotatable bonds is 5. The van der Waals surface area contributed by atoms with Crippen LogP contribution in [0.15, 0.2) is 117 Å². The second-order valence-electron chi connectivity index (χ2n) is 8.64. The molecule has 0 bridgehead atoms. The molecular formula is C30H25N3OS2. The Bertz CT molecular complexity index is 1510. The Morgan fingerprint density at radius 2 is 1.53 bits per heavy atom. The van der Waals surface area contributed by atoms with Crippen molar-refractivity contribution < 1.29 is 4.79 Å². The fourth-order valence-corrected chi connectivity index (χ4v) is 7.04. The molecule has 4 aromatic rings. The van der Waals surface area contributed by atoms with E-state index in [4.69, 9.17) is 4.99 Å². The van der Waals surface area contributed by atoms with Gasteiger partial charge in [0.2, 0.25) is 0 Å². The van der Waals surface area contributed by atoms with Crippen molar-refractivity contribution in [3.8, 4) is 0 Å². The zero-order valence-corrected chi connectivity index (χ0v) is 21.6. The second kappa shape index (κ2) is 9.88. The van der Waals surface area contributed by atoms with Crippen molar-refractivity contribution in [2.75, 3.05) is 18.0 Å². The van der Waals surface area contributed by atoms with Gasteiger partial charge in [-0.25, -0.2) is 4.99 Å². The summed E-state index contributed by atoms with van der Waals surface area (Å²) in [5.41, 5.74) is 3.25. The van der Waals surface area contributed by atoms with Crippen molar-refractivity contribution in [2.45, 2.75) is 18.2 Å². The number of carbonyl (C=O) groups excluding carboxylic acids is 1. The molecule has 0 spiro atoms. The average molecular weight is 508 g/mol. The number of carbonyl (C=O) groups is 1. The van der Waals surface area contributed by atoms with Crippen LogP contribution in [0.5, 0.6) is 0 Å². The molecule has 2 aliphatic heterocycles. The van der Waals surface area contributed by atoms with E-state index in [9.17, 15) is 4.79 Å². The Labute approximate surface area is 219 Å². The first-order valence-corrected chi connectivity index (χ1v) is 13.7. The molecule has 0 radical (unpaired) electrons. The standard InChI is InChI=1S/C30H25N3OS2/c1-2-32-25-17-8-9-18-26(25)35-29(32)27-28(34)33(20-19-21-11-4-3-5-12-21)30(36-27)31-24-16-10-14-22-13-6-7-15-23(22)24/h3-18H,2,19-20H2,1H3. The third-order valence-corrected chi connectivity index (χ3v) is 8.81. The number of aliphatic imine (C=N–C) groups is 1. The van der Waals surface area contributed by atoms with Gasteiger partial charge in [0, 0.05) is 23.4 Å². The van der Waals surface area contributed by atoms with Gasteiger partial charge >= 0.3 is 0 Å². The van der Waals surface area contributed by atoms with Gasteiger partial charge in [0.25, 0.3) is 5.91 Å². The van der Waals surface area contributed by atoms with Crippen LogP contribution >= 0.6 is 23.5 Å². The molecule has 0 aliphatic carbocycles. The largest absolute Gasteiger partial charge is 0.334 e. The van der Waals surface area contributed by atoms with Crippen LogP contribution in [0.3, 0.4) is 0 Å². The minimum absolute atomic E-state index is 0.0312. The van der Waals surface area contributed by atoms with Gasteiger partial charge in [-0.1, -0.05) is 90.6 Å². The van der Waals surface area contributed by atoms with Crippen LogP contribution in [0.4, 0.5) is 11.4 Å². The topological polar surface area (TPSA) is 35.9 Å². The molecule has 178 valence electrons. The van der Waals surface area contributed by atoms with Crippen molar-refractivity contribution in [2.24, 2.45) is 4.99 Å². The summed E-state index contributed by atoms with van der Waals surface area (Å²) < 4.78 is 0. The zero-order valence-electron chi connectivity index (χ0n) is 19.9. The van der Waals surface area contributed by atoms with Gasteiger partial charge in [0.05, 0.1) is 11.4 Å². The molecule has 1 fully saturated rings. The maximum Gasteiger partial charge on any atom is 0.269 e. The number of benzene rings is 4. The van der Waals surface area contributed by atoms with Crippen LogP contribution < -0.4 is 4.90 Å². The minimum atomic E-state index is 0.0312. The third kappa shape index (κ3) is 4.21. The number of hydrogen-bond acceptors (Lipinski definition) is 5. The van der Waals surface area contributed by atoms with Crippen molar-refractivity contribution in [1.29, 1.82) is 0 Å². The Morgan fingerprint density at radius 1 is 0.778 bits per heavy atom. The van der Waals surface area contributed by atoms with Gasteiger partial charge in [0.15, 0.2) is 5.17 Å². The number of nitrogens with zero attached hydrogens (tertiary/aromatic N) is 3. The predicted molar refractivity (Wildman–Crippen MR) is 153 cm³/mol. The van der Waals surface area contributed by atoms with Crippen molar-refractivity contribution in [3.05, 3.63) is 113 Å². The molecule has 6 rings (SSSR count). The SMILES string of the molecule is CCN1C(=C2SC(=Nc3cccc4ccccc34)N(CCc3ccccc3)C2=O)Sc2ccccc21. The molecule has 0 atom stereocenters. The lowest BCUT2D eigenvalue weighted by atomic mass is 10.1. The van der Waals surface area contributed by atoms with Crippen LogP contribution in [0.1, 0.15) is 12.5 Å². The molecular weight excluding hydrogens is 482 g/mol. The first-order valence-electron chi connectivity index (χ1n) is 12.1. The quantitative estimate of drug-likeness (QED) is 0.263. The lowest BCUT2D eigenvalue weighted by molar-refractivity contribution is -0.122. The van der Waals surface area contributed by atoms with Crippen molar-refractivity contribution >= 4 is 56.7 Å². The number of thioether (sulfide) groups is 2. The Kier molecular flexibility index (Phi) is 6.30. The Morgan fingerprint density at radius 3 is 2.39 bits per heavy atom.